The van der Waals surface area contributed by atoms with Crippen molar-refractivity contribution in [3.05, 3.63) is 24.3 Å². The van der Waals surface area contributed by atoms with E-state index in [4.69, 9.17) is 5.73 Å². The monoisotopic (exact) mass is 307 g/mol. The average Bonchev–Trinajstić information content (AvgIpc) is 2.50. The van der Waals surface area contributed by atoms with Gasteiger partial charge >= 0.3 is 0 Å². The molecule has 1 aliphatic heterocycles. The Hall–Kier alpha value is -1.04. The van der Waals surface area contributed by atoms with Gasteiger partial charge in [-0.2, -0.15) is 0 Å². The summed E-state index contributed by atoms with van der Waals surface area (Å²) in [4.78, 5) is 15.5. The van der Waals surface area contributed by atoms with E-state index in [2.05, 4.69) is 10.2 Å². The minimum absolute atomic E-state index is 0.0776. The molecule has 0 radical (unpaired) electrons. The van der Waals surface area contributed by atoms with E-state index in [9.17, 15) is 4.79 Å². The lowest BCUT2D eigenvalue weighted by molar-refractivity contribution is -0.117. The predicted molar refractivity (Wildman–Crippen MR) is 89.7 cm³/mol. The number of anilines is 1. The van der Waals surface area contributed by atoms with Crippen LogP contribution in [0.5, 0.6) is 0 Å². The molecule has 1 aliphatic rings. The molecular formula is C16H25N3OS. The smallest absolute Gasteiger partial charge is 0.238 e. The van der Waals surface area contributed by atoms with Crippen LogP contribution in [-0.4, -0.2) is 43.2 Å². The second-order valence-corrected chi connectivity index (χ2v) is 6.39. The number of carbonyl (C=O) groups excluding carboxylic acids is 1. The topological polar surface area (TPSA) is 58.4 Å². The molecule has 0 unspecified atom stereocenters. The molecule has 1 aromatic rings. The van der Waals surface area contributed by atoms with Crippen molar-refractivity contribution in [2.75, 3.05) is 37.8 Å². The summed E-state index contributed by atoms with van der Waals surface area (Å²) in [6, 6.07) is 7.92. The minimum Gasteiger partial charge on any atom is -0.330 e. The number of nitrogens with two attached hydrogens (primary N) is 1. The van der Waals surface area contributed by atoms with Crippen LogP contribution in [0.2, 0.25) is 0 Å². The highest BCUT2D eigenvalue weighted by Crippen LogP contribution is 2.25. The third kappa shape index (κ3) is 5.02. The number of hydrogen-bond acceptors (Lipinski definition) is 4. The van der Waals surface area contributed by atoms with E-state index in [1.54, 1.807) is 11.8 Å². The molecule has 0 aliphatic carbocycles. The molecule has 1 aromatic carbocycles. The van der Waals surface area contributed by atoms with Crippen LogP contribution < -0.4 is 11.1 Å². The number of carbonyl (C=O) groups is 1. The number of benzene rings is 1. The van der Waals surface area contributed by atoms with Crippen molar-refractivity contribution in [2.45, 2.75) is 24.2 Å². The van der Waals surface area contributed by atoms with E-state index < -0.39 is 0 Å². The van der Waals surface area contributed by atoms with Crippen LogP contribution in [0.4, 0.5) is 5.69 Å². The van der Waals surface area contributed by atoms with Gasteiger partial charge in [-0.1, -0.05) is 12.1 Å². The zero-order valence-corrected chi connectivity index (χ0v) is 13.5. The quantitative estimate of drug-likeness (QED) is 0.792. The molecule has 4 nitrogen and oxygen atoms in total. The van der Waals surface area contributed by atoms with Crippen molar-refractivity contribution in [1.29, 1.82) is 0 Å². The number of para-hydroxylation sites is 1. The Balaban J connectivity index is 1.80. The van der Waals surface area contributed by atoms with Crippen molar-refractivity contribution in [3.63, 3.8) is 0 Å². The van der Waals surface area contributed by atoms with Gasteiger partial charge in [0.1, 0.15) is 0 Å². The maximum atomic E-state index is 12.2. The Kier molecular flexibility index (Phi) is 6.54. The lowest BCUT2D eigenvalue weighted by atomic mass is 9.94. The van der Waals surface area contributed by atoms with E-state index in [0.717, 1.165) is 55.4 Å². The molecule has 1 saturated heterocycles. The van der Waals surface area contributed by atoms with Gasteiger partial charge in [0.05, 0.1) is 12.2 Å². The van der Waals surface area contributed by atoms with Crippen molar-refractivity contribution >= 4 is 23.4 Å². The molecule has 0 spiro atoms. The summed E-state index contributed by atoms with van der Waals surface area (Å²) < 4.78 is 0. The summed E-state index contributed by atoms with van der Waals surface area (Å²) in [5.74, 6) is 0.820. The highest BCUT2D eigenvalue weighted by molar-refractivity contribution is 7.98. The molecule has 0 atom stereocenters. The van der Waals surface area contributed by atoms with Gasteiger partial charge in [0, 0.05) is 4.90 Å². The van der Waals surface area contributed by atoms with Gasteiger partial charge < -0.3 is 11.1 Å². The number of likely N-dealkylation sites (tertiary alicyclic amines) is 1. The Morgan fingerprint density at radius 3 is 2.76 bits per heavy atom. The van der Waals surface area contributed by atoms with E-state index >= 15 is 0 Å². The summed E-state index contributed by atoms with van der Waals surface area (Å²) in [6.07, 6.45) is 5.45. The Morgan fingerprint density at radius 2 is 2.10 bits per heavy atom. The number of rotatable bonds is 6. The van der Waals surface area contributed by atoms with Crippen molar-refractivity contribution in [3.8, 4) is 0 Å². The Labute approximate surface area is 131 Å². The van der Waals surface area contributed by atoms with Gasteiger partial charge in [0.2, 0.25) is 5.91 Å². The number of amides is 1. The molecule has 21 heavy (non-hydrogen) atoms. The normalized spacial score (nSPS) is 16.9. The van der Waals surface area contributed by atoms with Crippen molar-refractivity contribution in [2.24, 2.45) is 11.7 Å². The fourth-order valence-electron chi connectivity index (χ4n) is 2.81. The van der Waals surface area contributed by atoms with Crippen LogP contribution in [0, 0.1) is 5.92 Å². The molecule has 3 N–H and O–H groups in total. The number of hydrogen-bond donors (Lipinski definition) is 2. The average molecular weight is 307 g/mol. The summed E-state index contributed by atoms with van der Waals surface area (Å²) in [5, 5.41) is 3.02. The molecule has 1 amide bonds. The third-order valence-corrected chi connectivity index (χ3v) is 4.83. The van der Waals surface area contributed by atoms with Crippen LogP contribution >= 0.6 is 11.8 Å². The summed E-state index contributed by atoms with van der Waals surface area (Å²) in [7, 11) is 0. The van der Waals surface area contributed by atoms with E-state index in [1.165, 1.54) is 0 Å². The lowest BCUT2D eigenvalue weighted by Gasteiger charge is -2.31. The van der Waals surface area contributed by atoms with Crippen LogP contribution in [0.25, 0.3) is 0 Å². The van der Waals surface area contributed by atoms with Crippen molar-refractivity contribution < 1.29 is 4.79 Å². The molecule has 5 heteroatoms. The lowest BCUT2D eigenvalue weighted by Crippen LogP contribution is -2.39. The first-order chi connectivity index (χ1) is 10.2. The minimum atomic E-state index is 0.0776. The molecule has 2 rings (SSSR count). The Morgan fingerprint density at radius 1 is 1.38 bits per heavy atom. The van der Waals surface area contributed by atoms with Gasteiger partial charge in [-0.15, -0.1) is 11.8 Å². The standard InChI is InChI=1S/C16H25N3OS/c1-21-15-5-3-2-4-14(15)18-16(20)12-19-10-7-13(6-9-17)8-11-19/h2-5,13H,6-12,17H2,1H3,(H,18,20). The highest BCUT2D eigenvalue weighted by Gasteiger charge is 2.20. The number of nitrogens with one attached hydrogen (secondary N) is 1. The van der Waals surface area contributed by atoms with E-state index in [-0.39, 0.29) is 5.91 Å². The molecule has 0 saturated carbocycles. The first-order valence-electron chi connectivity index (χ1n) is 7.58. The van der Waals surface area contributed by atoms with Gasteiger partial charge in [-0.25, -0.2) is 0 Å². The van der Waals surface area contributed by atoms with Gasteiger partial charge in [-0.05, 0) is 63.2 Å². The fourth-order valence-corrected chi connectivity index (χ4v) is 3.36. The number of piperidine rings is 1. The first-order valence-corrected chi connectivity index (χ1v) is 8.80. The number of nitrogens with zero attached hydrogens (tertiary/aromatic N) is 1. The molecule has 0 bridgehead atoms. The first kappa shape index (κ1) is 16.3. The Bertz CT molecular complexity index is 459. The third-order valence-electron chi connectivity index (χ3n) is 4.03. The van der Waals surface area contributed by atoms with E-state index in [0.29, 0.717) is 6.54 Å². The maximum absolute atomic E-state index is 12.2. The van der Waals surface area contributed by atoms with Crippen LogP contribution in [0.3, 0.4) is 0 Å². The van der Waals surface area contributed by atoms with Crippen LogP contribution in [0.15, 0.2) is 29.2 Å². The summed E-state index contributed by atoms with van der Waals surface area (Å²) >= 11 is 1.65. The van der Waals surface area contributed by atoms with Crippen LogP contribution in [0.1, 0.15) is 19.3 Å². The largest absolute Gasteiger partial charge is 0.330 e. The predicted octanol–water partition coefficient (Wildman–Crippen LogP) is 2.41. The van der Waals surface area contributed by atoms with Gasteiger partial charge in [0.15, 0.2) is 0 Å². The summed E-state index contributed by atoms with van der Waals surface area (Å²) in [6.45, 7) is 3.26. The van der Waals surface area contributed by atoms with E-state index in [1.807, 2.05) is 30.5 Å². The SMILES string of the molecule is CSc1ccccc1NC(=O)CN1CCC(CCN)CC1. The molecule has 1 fully saturated rings. The number of thioether (sulfide) groups is 1. The molecular weight excluding hydrogens is 282 g/mol. The maximum Gasteiger partial charge on any atom is 0.238 e. The fraction of sp³-hybridized carbons (Fsp3) is 0.562. The van der Waals surface area contributed by atoms with Gasteiger partial charge in [-0.3, -0.25) is 9.69 Å². The highest BCUT2D eigenvalue weighted by atomic mass is 32.2. The molecule has 116 valence electrons. The summed E-state index contributed by atoms with van der Waals surface area (Å²) in [5.41, 5.74) is 6.52. The zero-order valence-electron chi connectivity index (χ0n) is 12.7. The molecule has 0 aromatic heterocycles. The zero-order chi connectivity index (χ0) is 15.1. The molecule has 1 heterocycles. The van der Waals surface area contributed by atoms with Crippen molar-refractivity contribution in [1.82, 2.24) is 4.90 Å². The second-order valence-electron chi connectivity index (χ2n) is 5.55. The van der Waals surface area contributed by atoms with Gasteiger partial charge in [0.25, 0.3) is 0 Å². The second kappa shape index (κ2) is 8.41. The van der Waals surface area contributed by atoms with Crippen LogP contribution in [-0.2, 0) is 4.79 Å².